The Morgan fingerprint density at radius 3 is 2.81 bits per heavy atom. The number of hydrogen-bond acceptors (Lipinski definition) is 3. The van der Waals surface area contributed by atoms with E-state index in [1.54, 1.807) is 11.3 Å². The highest BCUT2D eigenvalue weighted by molar-refractivity contribution is 9.11. The second-order valence-corrected chi connectivity index (χ2v) is 5.89. The Balaban J connectivity index is 2.15. The van der Waals surface area contributed by atoms with Crippen molar-refractivity contribution in [2.45, 2.75) is 13.0 Å². The van der Waals surface area contributed by atoms with Gasteiger partial charge in [-0.1, -0.05) is 15.9 Å². The van der Waals surface area contributed by atoms with Gasteiger partial charge in [-0.25, -0.2) is 4.98 Å². The zero-order valence-electron chi connectivity index (χ0n) is 8.58. The number of halogens is 2. The fourth-order valence-corrected chi connectivity index (χ4v) is 3.16. The third-order valence-corrected chi connectivity index (χ3v) is 3.95. The van der Waals surface area contributed by atoms with Crippen molar-refractivity contribution in [3.05, 3.63) is 43.7 Å². The molecule has 84 valence electrons. The minimum atomic E-state index is 0.212. The number of aromatic nitrogens is 1. The average molecular weight is 362 g/mol. The quantitative estimate of drug-likeness (QED) is 0.845. The second-order valence-electron chi connectivity index (χ2n) is 3.40. The zero-order chi connectivity index (χ0) is 11.5. The van der Waals surface area contributed by atoms with E-state index in [4.69, 9.17) is 0 Å². The Labute approximate surface area is 115 Å². The fraction of sp³-hybridized carbons (Fsp3) is 0.182. The maximum Gasteiger partial charge on any atom is 0.0795 e. The van der Waals surface area contributed by atoms with Gasteiger partial charge < -0.3 is 5.32 Å². The first kappa shape index (κ1) is 12.1. The lowest BCUT2D eigenvalue weighted by Gasteiger charge is -2.14. The number of hydrogen-bond donors (Lipinski definition) is 1. The first-order valence-electron chi connectivity index (χ1n) is 4.76. The monoisotopic (exact) mass is 360 g/mol. The van der Waals surface area contributed by atoms with Gasteiger partial charge in [0.1, 0.15) is 0 Å². The van der Waals surface area contributed by atoms with Crippen molar-refractivity contribution in [3.8, 4) is 0 Å². The molecule has 0 radical (unpaired) electrons. The van der Waals surface area contributed by atoms with Crippen molar-refractivity contribution in [2.24, 2.45) is 0 Å². The Morgan fingerprint density at radius 2 is 2.19 bits per heavy atom. The van der Waals surface area contributed by atoms with Crippen molar-refractivity contribution in [1.29, 1.82) is 0 Å². The minimum absolute atomic E-state index is 0.212. The van der Waals surface area contributed by atoms with Gasteiger partial charge >= 0.3 is 0 Å². The van der Waals surface area contributed by atoms with Gasteiger partial charge in [0.25, 0.3) is 0 Å². The van der Waals surface area contributed by atoms with Crippen LogP contribution in [-0.2, 0) is 0 Å². The van der Waals surface area contributed by atoms with Crippen LogP contribution in [0.5, 0.6) is 0 Å². The fourth-order valence-electron chi connectivity index (χ4n) is 1.35. The second kappa shape index (κ2) is 5.29. The summed E-state index contributed by atoms with van der Waals surface area (Å²) in [4.78, 5) is 4.29. The Kier molecular flexibility index (Phi) is 4.00. The first-order chi connectivity index (χ1) is 7.66. The molecule has 0 saturated carbocycles. The van der Waals surface area contributed by atoms with E-state index < -0.39 is 0 Å². The number of anilines is 1. The van der Waals surface area contributed by atoms with E-state index in [-0.39, 0.29) is 6.04 Å². The van der Waals surface area contributed by atoms with Gasteiger partial charge in [0.05, 0.1) is 17.2 Å². The minimum Gasteiger partial charge on any atom is -0.376 e. The molecular weight excluding hydrogens is 352 g/mol. The summed E-state index contributed by atoms with van der Waals surface area (Å²) in [5, 5.41) is 5.48. The smallest absolute Gasteiger partial charge is 0.0795 e. The van der Waals surface area contributed by atoms with Crippen LogP contribution in [0.15, 0.2) is 38.0 Å². The summed E-state index contributed by atoms with van der Waals surface area (Å²) in [7, 11) is 0. The Hall–Kier alpha value is -0.390. The van der Waals surface area contributed by atoms with E-state index in [0.29, 0.717) is 0 Å². The lowest BCUT2D eigenvalue weighted by molar-refractivity contribution is 0.849. The van der Waals surface area contributed by atoms with Gasteiger partial charge in [-0.3, -0.25) is 0 Å². The normalized spacial score (nSPS) is 12.4. The summed E-state index contributed by atoms with van der Waals surface area (Å²) in [6.07, 6.45) is 0. The van der Waals surface area contributed by atoms with Crippen LogP contribution in [-0.4, -0.2) is 4.98 Å². The van der Waals surface area contributed by atoms with Crippen molar-refractivity contribution < 1.29 is 0 Å². The van der Waals surface area contributed by atoms with Crippen LogP contribution in [0.2, 0.25) is 0 Å². The number of nitrogens with zero attached hydrogens (tertiary/aromatic N) is 1. The molecule has 0 bridgehead atoms. The number of nitrogens with one attached hydrogen (secondary N) is 1. The Morgan fingerprint density at radius 1 is 1.38 bits per heavy atom. The predicted octanol–water partition coefficient (Wildman–Crippen LogP) is 4.84. The van der Waals surface area contributed by atoms with Crippen LogP contribution < -0.4 is 5.32 Å². The van der Waals surface area contributed by atoms with Crippen LogP contribution in [0, 0.1) is 0 Å². The molecule has 1 aromatic heterocycles. The molecule has 16 heavy (non-hydrogen) atoms. The van der Waals surface area contributed by atoms with Gasteiger partial charge in [-0.2, -0.15) is 0 Å². The molecule has 1 aromatic carbocycles. The third kappa shape index (κ3) is 2.84. The summed E-state index contributed by atoms with van der Waals surface area (Å²) in [5.74, 6) is 0. The highest BCUT2D eigenvalue weighted by Gasteiger charge is 2.08. The van der Waals surface area contributed by atoms with Gasteiger partial charge in [-0.05, 0) is 41.1 Å². The molecule has 2 rings (SSSR count). The molecule has 1 atom stereocenters. The SMILES string of the molecule is CC(Nc1ccc(Br)cc1Br)c1cscn1. The molecule has 2 nitrogen and oxygen atoms in total. The average Bonchev–Trinajstić information content (AvgIpc) is 2.75. The first-order valence-corrected chi connectivity index (χ1v) is 7.29. The van der Waals surface area contributed by atoms with E-state index in [2.05, 4.69) is 54.5 Å². The van der Waals surface area contributed by atoms with E-state index in [1.165, 1.54) is 0 Å². The molecule has 0 aliphatic carbocycles. The zero-order valence-corrected chi connectivity index (χ0v) is 12.6. The largest absolute Gasteiger partial charge is 0.376 e. The molecule has 0 fully saturated rings. The summed E-state index contributed by atoms with van der Waals surface area (Å²) in [6, 6.07) is 6.29. The molecule has 2 aromatic rings. The van der Waals surface area contributed by atoms with Crippen molar-refractivity contribution in [2.75, 3.05) is 5.32 Å². The highest BCUT2D eigenvalue weighted by Crippen LogP contribution is 2.29. The van der Waals surface area contributed by atoms with Gasteiger partial charge in [0.2, 0.25) is 0 Å². The molecule has 1 N–H and O–H groups in total. The lowest BCUT2D eigenvalue weighted by atomic mass is 10.2. The molecular formula is C11H10Br2N2S. The lowest BCUT2D eigenvalue weighted by Crippen LogP contribution is -2.07. The molecule has 0 aliphatic rings. The maximum atomic E-state index is 4.29. The van der Waals surface area contributed by atoms with Gasteiger partial charge in [0.15, 0.2) is 0 Å². The molecule has 0 amide bonds. The van der Waals surface area contributed by atoms with Crippen molar-refractivity contribution in [3.63, 3.8) is 0 Å². The van der Waals surface area contributed by atoms with Crippen LogP contribution in [0.25, 0.3) is 0 Å². The topological polar surface area (TPSA) is 24.9 Å². The number of benzene rings is 1. The molecule has 0 spiro atoms. The van der Waals surface area contributed by atoms with Crippen molar-refractivity contribution >= 4 is 48.9 Å². The van der Waals surface area contributed by atoms with Crippen LogP contribution in [0.1, 0.15) is 18.7 Å². The molecule has 0 aliphatic heterocycles. The molecule has 5 heteroatoms. The summed E-state index contributed by atoms with van der Waals surface area (Å²) >= 11 is 8.58. The van der Waals surface area contributed by atoms with E-state index in [0.717, 1.165) is 20.3 Å². The highest BCUT2D eigenvalue weighted by atomic mass is 79.9. The van der Waals surface area contributed by atoms with Gasteiger partial charge in [0, 0.05) is 20.0 Å². The summed E-state index contributed by atoms with van der Waals surface area (Å²) in [6.45, 7) is 2.10. The molecule has 0 saturated heterocycles. The summed E-state index contributed by atoms with van der Waals surface area (Å²) in [5.41, 5.74) is 3.99. The summed E-state index contributed by atoms with van der Waals surface area (Å²) < 4.78 is 2.11. The predicted molar refractivity (Wildman–Crippen MR) is 76.0 cm³/mol. The van der Waals surface area contributed by atoms with Crippen LogP contribution in [0.3, 0.4) is 0 Å². The van der Waals surface area contributed by atoms with Crippen molar-refractivity contribution in [1.82, 2.24) is 4.98 Å². The third-order valence-electron chi connectivity index (χ3n) is 2.20. The maximum absolute atomic E-state index is 4.29. The molecule has 1 unspecified atom stereocenters. The Bertz CT molecular complexity index is 471. The van der Waals surface area contributed by atoms with Crippen LogP contribution in [0.4, 0.5) is 5.69 Å². The molecule has 1 heterocycles. The van der Waals surface area contributed by atoms with E-state index in [1.807, 2.05) is 23.7 Å². The van der Waals surface area contributed by atoms with Gasteiger partial charge in [-0.15, -0.1) is 11.3 Å². The van der Waals surface area contributed by atoms with E-state index in [9.17, 15) is 0 Å². The number of thiazole rings is 1. The van der Waals surface area contributed by atoms with Crippen LogP contribution >= 0.6 is 43.2 Å². The standard InChI is InChI=1S/C11H10Br2N2S/c1-7(11-5-16-6-14-11)15-10-3-2-8(12)4-9(10)13/h2-7,15H,1H3. The van der Waals surface area contributed by atoms with E-state index >= 15 is 0 Å². The number of rotatable bonds is 3.